The molecule has 0 aromatic carbocycles. The first-order valence-corrected chi connectivity index (χ1v) is 6.99. The van der Waals surface area contributed by atoms with Gasteiger partial charge in [-0.25, -0.2) is 0 Å². The smallest absolute Gasteiger partial charge is 0.110 e. The molecule has 0 unspecified atom stereocenters. The monoisotopic (exact) mass is 254 g/mol. The van der Waals surface area contributed by atoms with E-state index >= 15 is 0 Å². The molecule has 2 heterocycles. The minimum Gasteiger partial charge on any atom is -0.387 e. The molecule has 2 aliphatic rings. The molecule has 3 nitrogen and oxygen atoms in total. The SMILES string of the molecule is CC(C)=CCC[C@](C)(O)[C@H]1CC[C@@](C)([C@H]2CO2)O1. The predicted octanol–water partition coefficient (Wildman–Crippen LogP) is 2.82. The highest BCUT2D eigenvalue weighted by Gasteiger charge is 2.52. The summed E-state index contributed by atoms with van der Waals surface area (Å²) in [5.41, 5.74) is 0.387. The standard InChI is InChI=1S/C15H26O3/c1-11(2)6-5-8-14(3,16)12-7-9-15(4,18-12)13-10-17-13/h6,12-13,16H,5,7-10H2,1-4H3/t12-,13-,14+,15+/m1/s1. The van der Waals surface area contributed by atoms with E-state index in [2.05, 4.69) is 26.8 Å². The maximum atomic E-state index is 10.6. The number of aliphatic hydroxyl groups is 1. The Morgan fingerprint density at radius 1 is 1.50 bits per heavy atom. The third kappa shape index (κ3) is 3.14. The summed E-state index contributed by atoms with van der Waals surface area (Å²) in [5.74, 6) is 0. The summed E-state index contributed by atoms with van der Waals surface area (Å²) in [5, 5.41) is 10.6. The Bertz CT molecular complexity index is 327. The maximum Gasteiger partial charge on any atom is 0.110 e. The van der Waals surface area contributed by atoms with Crippen LogP contribution in [0.15, 0.2) is 11.6 Å². The summed E-state index contributed by atoms with van der Waals surface area (Å²) in [6.07, 6.45) is 5.94. The van der Waals surface area contributed by atoms with Crippen molar-refractivity contribution in [1.29, 1.82) is 0 Å². The van der Waals surface area contributed by atoms with Crippen LogP contribution in [0.1, 0.15) is 53.4 Å². The van der Waals surface area contributed by atoms with Crippen molar-refractivity contribution in [2.24, 2.45) is 0 Å². The molecule has 104 valence electrons. The molecule has 0 saturated carbocycles. The first-order valence-electron chi connectivity index (χ1n) is 6.99. The zero-order valence-electron chi connectivity index (χ0n) is 12.0. The summed E-state index contributed by atoms with van der Waals surface area (Å²) >= 11 is 0. The van der Waals surface area contributed by atoms with Crippen LogP contribution in [0.2, 0.25) is 0 Å². The van der Waals surface area contributed by atoms with Gasteiger partial charge in [0.1, 0.15) is 6.10 Å². The lowest BCUT2D eigenvalue weighted by molar-refractivity contribution is -0.132. The largest absolute Gasteiger partial charge is 0.387 e. The molecule has 3 heteroatoms. The van der Waals surface area contributed by atoms with Gasteiger partial charge in [0.05, 0.1) is 23.9 Å². The van der Waals surface area contributed by atoms with E-state index in [0.717, 1.165) is 32.3 Å². The minimum atomic E-state index is -0.738. The molecule has 2 rings (SSSR count). The first kappa shape index (κ1) is 14.0. The lowest BCUT2D eigenvalue weighted by Gasteiger charge is -2.32. The summed E-state index contributed by atoms with van der Waals surface area (Å²) in [7, 11) is 0. The maximum absolute atomic E-state index is 10.6. The number of rotatable bonds is 5. The first-order chi connectivity index (χ1) is 8.33. The van der Waals surface area contributed by atoms with Crippen molar-refractivity contribution >= 4 is 0 Å². The molecule has 0 bridgehead atoms. The summed E-state index contributed by atoms with van der Waals surface area (Å²) in [4.78, 5) is 0. The van der Waals surface area contributed by atoms with Crippen molar-refractivity contribution in [2.75, 3.05) is 6.61 Å². The average Bonchev–Trinajstić information content (AvgIpc) is 3.02. The molecule has 2 fully saturated rings. The van der Waals surface area contributed by atoms with Gasteiger partial charge in [-0.05, 0) is 53.4 Å². The van der Waals surface area contributed by atoms with Crippen LogP contribution in [-0.2, 0) is 9.47 Å². The van der Waals surface area contributed by atoms with Crippen LogP contribution in [0, 0.1) is 0 Å². The number of hydrogen-bond donors (Lipinski definition) is 1. The molecule has 2 saturated heterocycles. The van der Waals surface area contributed by atoms with Gasteiger partial charge in [-0.2, -0.15) is 0 Å². The van der Waals surface area contributed by atoms with E-state index in [1.54, 1.807) is 0 Å². The van der Waals surface area contributed by atoms with E-state index in [4.69, 9.17) is 9.47 Å². The molecule has 0 radical (unpaired) electrons. The van der Waals surface area contributed by atoms with E-state index in [-0.39, 0.29) is 17.8 Å². The number of ether oxygens (including phenoxy) is 2. The molecular weight excluding hydrogens is 228 g/mol. The van der Waals surface area contributed by atoms with Gasteiger partial charge in [0, 0.05) is 0 Å². The number of epoxide rings is 1. The number of allylic oxidation sites excluding steroid dienone is 2. The van der Waals surface area contributed by atoms with Gasteiger partial charge in [0.15, 0.2) is 0 Å². The molecule has 0 spiro atoms. The highest BCUT2D eigenvalue weighted by Crippen LogP contribution is 2.43. The lowest BCUT2D eigenvalue weighted by Crippen LogP contribution is -2.42. The van der Waals surface area contributed by atoms with Crippen LogP contribution >= 0.6 is 0 Å². The predicted molar refractivity (Wildman–Crippen MR) is 71.5 cm³/mol. The average molecular weight is 254 g/mol. The van der Waals surface area contributed by atoms with Gasteiger partial charge in [0.25, 0.3) is 0 Å². The molecular formula is C15H26O3. The molecule has 1 N–H and O–H groups in total. The van der Waals surface area contributed by atoms with E-state index in [0.29, 0.717) is 0 Å². The Morgan fingerprint density at radius 3 is 2.72 bits per heavy atom. The van der Waals surface area contributed by atoms with Gasteiger partial charge >= 0.3 is 0 Å². The van der Waals surface area contributed by atoms with Crippen molar-refractivity contribution in [3.63, 3.8) is 0 Å². The molecule has 2 aliphatic heterocycles. The highest BCUT2D eigenvalue weighted by molar-refractivity contribution is 5.02. The van der Waals surface area contributed by atoms with Crippen LogP contribution in [0.3, 0.4) is 0 Å². The van der Waals surface area contributed by atoms with Crippen LogP contribution in [0.4, 0.5) is 0 Å². The Balaban J connectivity index is 1.88. The van der Waals surface area contributed by atoms with Crippen molar-refractivity contribution in [1.82, 2.24) is 0 Å². The van der Waals surface area contributed by atoms with E-state index < -0.39 is 5.60 Å². The third-order valence-electron chi connectivity index (χ3n) is 4.23. The second-order valence-electron chi connectivity index (χ2n) is 6.46. The zero-order valence-corrected chi connectivity index (χ0v) is 12.0. The minimum absolute atomic E-state index is 0.0581. The van der Waals surface area contributed by atoms with E-state index in [1.165, 1.54) is 5.57 Å². The molecule has 0 aliphatic carbocycles. The van der Waals surface area contributed by atoms with E-state index in [1.807, 2.05) is 6.92 Å². The third-order valence-corrected chi connectivity index (χ3v) is 4.23. The van der Waals surface area contributed by atoms with Crippen LogP contribution in [0.25, 0.3) is 0 Å². The Kier molecular flexibility index (Phi) is 3.86. The summed E-state index contributed by atoms with van der Waals surface area (Å²) in [6, 6.07) is 0. The lowest BCUT2D eigenvalue weighted by atomic mass is 9.90. The van der Waals surface area contributed by atoms with Gasteiger partial charge in [-0.3, -0.25) is 0 Å². The summed E-state index contributed by atoms with van der Waals surface area (Å²) < 4.78 is 11.5. The van der Waals surface area contributed by atoms with Crippen LogP contribution in [-0.4, -0.2) is 35.1 Å². The van der Waals surface area contributed by atoms with Crippen molar-refractivity contribution in [3.8, 4) is 0 Å². The van der Waals surface area contributed by atoms with Gasteiger partial charge in [-0.15, -0.1) is 0 Å². The Morgan fingerprint density at radius 2 is 2.17 bits per heavy atom. The highest BCUT2D eigenvalue weighted by atomic mass is 16.6. The molecule has 0 aromatic rings. The Labute approximate surface area is 110 Å². The second-order valence-corrected chi connectivity index (χ2v) is 6.46. The van der Waals surface area contributed by atoms with Crippen LogP contribution < -0.4 is 0 Å². The van der Waals surface area contributed by atoms with Crippen LogP contribution in [0.5, 0.6) is 0 Å². The van der Waals surface area contributed by atoms with Crippen molar-refractivity contribution in [2.45, 2.75) is 76.8 Å². The van der Waals surface area contributed by atoms with Gasteiger partial charge < -0.3 is 14.6 Å². The van der Waals surface area contributed by atoms with Gasteiger partial charge in [-0.1, -0.05) is 11.6 Å². The summed E-state index contributed by atoms with van der Waals surface area (Å²) in [6.45, 7) is 8.99. The molecule has 0 amide bonds. The molecule has 18 heavy (non-hydrogen) atoms. The normalized spacial score (nSPS) is 38.3. The zero-order chi connectivity index (χ0) is 13.4. The Hall–Kier alpha value is -0.380. The fourth-order valence-electron chi connectivity index (χ4n) is 2.75. The molecule has 4 atom stereocenters. The fraction of sp³-hybridized carbons (Fsp3) is 0.867. The second kappa shape index (κ2) is 4.95. The van der Waals surface area contributed by atoms with E-state index in [9.17, 15) is 5.11 Å². The van der Waals surface area contributed by atoms with Crippen molar-refractivity contribution < 1.29 is 14.6 Å². The van der Waals surface area contributed by atoms with Crippen molar-refractivity contribution in [3.05, 3.63) is 11.6 Å². The fourth-order valence-corrected chi connectivity index (χ4v) is 2.75. The topological polar surface area (TPSA) is 42.0 Å². The van der Waals surface area contributed by atoms with Gasteiger partial charge in [0.2, 0.25) is 0 Å². The quantitative estimate of drug-likeness (QED) is 0.606. The number of hydrogen-bond acceptors (Lipinski definition) is 3. The molecule has 0 aromatic heterocycles.